The Balaban J connectivity index is 2.00. The standard InChI is InChI=1S/C17H26FN3O3/c1-4-24-14-5-6-16(15(18)9-14)19-17(22)21-7-8-23-12-13(11-21)10-20(2)3/h5-6,9,13H,4,7-8,10-12H2,1-3H3,(H,19,22). The lowest BCUT2D eigenvalue weighted by molar-refractivity contribution is 0.112. The predicted octanol–water partition coefficient (Wildman–Crippen LogP) is 2.27. The summed E-state index contributed by atoms with van der Waals surface area (Å²) in [5.74, 6) is 0.172. The zero-order valence-electron chi connectivity index (χ0n) is 14.5. The molecule has 0 aliphatic carbocycles. The molecule has 1 unspecified atom stereocenters. The highest BCUT2D eigenvalue weighted by molar-refractivity contribution is 5.89. The molecule has 0 spiro atoms. The SMILES string of the molecule is CCOc1ccc(NC(=O)N2CCOCC(CN(C)C)C2)c(F)c1. The molecule has 1 aromatic rings. The van der Waals surface area contributed by atoms with Gasteiger partial charge < -0.3 is 24.6 Å². The molecule has 24 heavy (non-hydrogen) atoms. The van der Waals surface area contributed by atoms with E-state index in [-0.39, 0.29) is 17.6 Å². The Morgan fingerprint density at radius 3 is 2.96 bits per heavy atom. The van der Waals surface area contributed by atoms with Gasteiger partial charge in [-0.05, 0) is 33.2 Å². The minimum atomic E-state index is -0.509. The summed E-state index contributed by atoms with van der Waals surface area (Å²) in [7, 11) is 3.98. The quantitative estimate of drug-likeness (QED) is 0.894. The Bertz CT molecular complexity index is 554. The van der Waals surface area contributed by atoms with Gasteiger partial charge in [0.15, 0.2) is 0 Å². The number of urea groups is 1. The zero-order valence-corrected chi connectivity index (χ0v) is 14.5. The Hall–Kier alpha value is -1.86. The highest BCUT2D eigenvalue weighted by Gasteiger charge is 2.23. The lowest BCUT2D eigenvalue weighted by atomic mass is 10.1. The summed E-state index contributed by atoms with van der Waals surface area (Å²) < 4.78 is 24.9. The van der Waals surface area contributed by atoms with Crippen LogP contribution in [0.25, 0.3) is 0 Å². The van der Waals surface area contributed by atoms with Gasteiger partial charge in [0.1, 0.15) is 11.6 Å². The van der Waals surface area contributed by atoms with Crippen molar-refractivity contribution in [1.82, 2.24) is 9.80 Å². The van der Waals surface area contributed by atoms with E-state index in [1.54, 1.807) is 11.0 Å². The molecule has 1 aliphatic rings. The molecule has 0 bridgehead atoms. The van der Waals surface area contributed by atoms with E-state index in [0.29, 0.717) is 38.7 Å². The molecule has 2 amide bonds. The smallest absolute Gasteiger partial charge is 0.322 e. The van der Waals surface area contributed by atoms with Gasteiger partial charge in [0.25, 0.3) is 0 Å². The Labute approximate surface area is 142 Å². The number of carbonyl (C=O) groups excluding carboxylic acids is 1. The molecule has 6 nitrogen and oxygen atoms in total. The molecule has 1 saturated heterocycles. The third-order valence-corrected chi connectivity index (χ3v) is 3.74. The average molecular weight is 339 g/mol. The second-order valence-corrected chi connectivity index (χ2v) is 6.15. The van der Waals surface area contributed by atoms with Crippen LogP contribution in [0.4, 0.5) is 14.9 Å². The van der Waals surface area contributed by atoms with Crippen LogP contribution in [-0.4, -0.2) is 69.4 Å². The molecule has 0 saturated carbocycles. The largest absolute Gasteiger partial charge is 0.494 e. The van der Waals surface area contributed by atoms with E-state index in [0.717, 1.165) is 6.54 Å². The number of ether oxygens (including phenoxy) is 2. The van der Waals surface area contributed by atoms with Crippen LogP contribution in [0.15, 0.2) is 18.2 Å². The molecule has 7 heteroatoms. The first-order valence-electron chi connectivity index (χ1n) is 8.20. The third kappa shape index (κ3) is 5.35. The molecule has 134 valence electrons. The Kier molecular flexibility index (Phi) is 6.81. The average Bonchev–Trinajstić information content (AvgIpc) is 2.75. The molecule has 1 atom stereocenters. The molecule has 2 rings (SSSR count). The zero-order chi connectivity index (χ0) is 17.5. The summed E-state index contributed by atoms with van der Waals surface area (Å²) in [6, 6.07) is 4.12. The number of halogens is 1. The molecule has 0 radical (unpaired) electrons. The lowest BCUT2D eigenvalue weighted by Gasteiger charge is -2.25. The maximum Gasteiger partial charge on any atom is 0.322 e. The van der Waals surface area contributed by atoms with Crippen molar-refractivity contribution in [3.63, 3.8) is 0 Å². The van der Waals surface area contributed by atoms with Gasteiger partial charge in [-0.15, -0.1) is 0 Å². The van der Waals surface area contributed by atoms with Gasteiger partial charge in [0.05, 0.1) is 25.5 Å². The van der Waals surface area contributed by atoms with Gasteiger partial charge in [0.2, 0.25) is 0 Å². The summed E-state index contributed by atoms with van der Waals surface area (Å²) in [5, 5.41) is 2.64. The molecular formula is C17H26FN3O3. The second-order valence-electron chi connectivity index (χ2n) is 6.15. The fourth-order valence-electron chi connectivity index (χ4n) is 2.74. The highest BCUT2D eigenvalue weighted by Crippen LogP contribution is 2.21. The minimum absolute atomic E-state index is 0.151. The van der Waals surface area contributed by atoms with Gasteiger partial charge in [0, 0.05) is 31.6 Å². The van der Waals surface area contributed by atoms with Crippen molar-refractivity contribution < 1.29 is 18.7 Å². The number of nitrogens with zero attached hydrogens (tertiary/aromatic N) is 2. The first kappa shape index (κ1) is 18.5. The van der Waals surface area contributed by atoms with E-state index in [1.165, 1.54) is 12.1 Å². The maximum atomic E-state index is 14.1. The predicted molar refractivity (Wildman–Crippen MR) is 91.0 cm³/mol. The van der Waals surface area contributed by atoms with Gasteiger partial charge in [-0.1, -0.05) is 0 Å². The van der Waals surface area contributed by atoms with Crippen LogP contribution in [0, 0.1) is 11.7 Å². The lowest BCUT2D eigenvalue weighted by Crippen LogP contribution is -2.41. The van der Waals surface area contributed by atoms with Crippen LogP contribution < -0.4 is 10.1 Å². The first-order valence-corrected chi connectivity index (χ1v) is 8.20. The van der Waals surface area contributed by atoms with Crippen LogP contribution in [0.1, 0.15) is 6.92 Å². The van der Waals surface area contributed by atoms with Crippen LogP contribution in [-0.2, 0) is 4.74 Å². The molecule has 1 heterocycles. The van der Waals surface area contributed by atoms with Crippen LogP contribution in [0.3, 0.4) is 0 Å². The number of anilines is 1. The summed E-state index contributed by atoms with van der Waals surface area (Å²) in [5.41, 5.74) is 0.151. The third-order valence-electron chi connectivity index (χ3n) is 3.74. The van der Waals surface area contributed by atoms with Crippen molar-refractivity contribution in [3.8, 4) is 5.75 Å². The van der Waals surface area contributed by atoms with E-state index >= 15 is 0 Å². The van der Waals surface area contributed by atoms with Crippen molar-refractivity contribution in [2.24, 2.45) is 5.92 Å². The Morgan fingerprint density at radius 2 is 2.29 bits per heavy atom. The van der Waals surface area contributed by atoms with E-state index in [4.69, 9.17) is 9.47 Å². The van der Waals surface area contributed by atoms with Gasteiger partial charge in [-0.3, -0.25) is 0 Å². The minimum Gasteiger partial charge on any atom is -0.494 e. The number of amides is 2. The summed E-state index contributed by atoms with van der Waals surface area (Å²) in [4.78, 5) is 16.2. The number of hydrogen-bond donors (Lipinski definition) is 1. The number of rotatable bonds is 5. The van der Waals surface area contributed by atoms with Crippen molar-refractivity contribution in [2.75, 3.05) is 58.9 Å². The van der Waals surface area contributed by atoms with Gasteiger partial charge in [-0.25, -0.2) is 9.18 Å². The topological polar surface area (TPSA) is 54.0 Å². The summed E-state index contributed by atoms with van der Waals surface area (Å²) in [6.45, 7) is 5.33. The van der Waals surface area contributed by atoms with Crippen molar-refractivity contribution in [3.05, 3.63) is 24.0 Å². The van der Waals surface area contributed by atoms with Crippen molar-refractivity contribution >= 4 is 11.7 Å². The molecular weight excluding hydrogens is 313 g/mol. The fraction of sp³-hybridized carbons (Fsp3) is 0.588. The second kappa shape index (κ2) is 8.84. The normalized spacial score (nSPS) is 18.4. The van der Waals surface area contributed by atoms with Crippen LogP contribution >= 0.6 is 0 Å². The molecule has 1 N–H and O–H groups in total. The highest BCUT2D eigenvalue weighted by atomic mass is 19.1. The summed E-state index contributed by atoms with van der Waals surface area (Å²) >= 11 is 0. The number of benzene rings is 1. The molecule has 0 aromatic heterocycles. The molecule has 1 aromatic carbocycles. The number of carbonyl (C=O) groups is 1. The van der Waals surface area contributed by atoms with E-state index in [9.17, 15) is 9.18 Å². The number of nitrogens with one attached hydrogen (secondary N) is 1. The maximum absolute atomic E-state index is 14.1. The Morgan fingerprint density at radius 1 is 1.50 bits per heavy atom. The first-order chi connectivity index (χ1) is 11.5. The van der Waals surface area contributed by atoms with E-state index in [2.05, 4.69) is 10.2 Å². The van der Waals surface area contributed by atoms with Crippen LogP contribution in [0.2, 0.25) is 0 Å². The fourth-order valence-corrected chi connectivity index (χ4v) is 2.74. The van der Waals surface area contributed by atoms with Gasteiger partial charge >= 0.3 is 6.03 Å². The summed E-state index contributed by atoms with van der Waals surface area (Å²) in [6.07, 6.45) is 0. The van der Waals surface area contributed by atoms with E-state index < -0.39 is 5.82 Å². The monoisotopic (exact) mass is 339 g/mol. The van der Waals surface area contributed by atoms with E-state index in [1.807, 2.05) is 21.0 Å². The molecule has 1 aliphatic heterocycles. The van der Waals surface area contributed by atoms with Crippen LogP contribution in [0.5, 0.6) is 5.75 Å². The van der Waals surface area contributed by atoms with Gasteiger partial charge in [-0.2, -0.15) is 0 Å². The molecule has 1 fully saturated rings. The van der Waals surface area contributed by atoms with Crippen molar-refractivity contribution in [2.45, 2.75) is 6.92 Å². The number of hydrogen-bond acceptors (Lipinski definition) is 4. The van der Waals surface area contributed by atoms with Crippen molar-refractivity contribution in [1.29, 1.82) is 0 Å².